The second kappa shape index (κ2) is 8.39. The van der Waals surface area contributed by atoms with Crippen molar-refractivity contribution in [2.45, 2.75) is 25.9 Å². The Morgan fingerprint density at radius 3 is 2.58 bits per heavy atom. The molecule has 134 valence electrons. The van der Waals surface area contributed by atoms with Crippen molar-refractivity contribution in [3.63, 3.8) is 0 Å². The van der Waals surface area contributed by atoms with E-state index in [4.69, 9.17) is 5.26 Å². The number of rotatable bonds is 4. The monoisotopic (exact) mass is 347 g/mol. The quantitative estimate of drug-likeness (QED) is 0.659. The molecule has 1 fully saturated rings. The topological polar surface area (TPSA) is 63.5 Å². The largest absolute Gasteiger partial charge is 0.369 e. The fourth-order valence-corrected chi connectivity index (χ4v) is 3.14. The first-order valence-corrected chi connectivity index (χ1v) is 8.96. The van der Waals surface area contributed by atoms with Gasteiger partial charge in [-0.15, -0.1) is 0 Å². The predicted octanol–water partition coefficient (Wildman–Crippen LogP) is 2.81. The van der Waals surface area contributed by atoms with Gasteiger partial charge in [0.1, 0.15) is 0 Å². The highest BCUT2D eigenvalue weighted by Gasteiger charge is 2.23. The smallest absolute Gasteiger partial charge is 0.191 e. The number of nitrogens with one attached hydrogen (secondary N) is 2. The summed E-state index contributed by atoms with van der Waals surface area (Å²) in [5, 5.41) is 15.7. The Hall–Kier alpha value is -3.00. The number of hydrogen-bond acceptors (Lipinski definition) is 3. The van der Waals surface area contributed by atoms with E-state index in [1.807, 2.05) is 24.3 Å². The normalized spacial score (nSPS) is 17.0. The second-order valence-corrected chi connectivity index (χ2v) is 6.65. The van der Waals surface area contributed by atoms with Crippen LogP contribution >= 0.6 is 0 Å². The third-order valence-corrected chi connectivity index (χ3v) is 4.69. The zero-order valence-corrected chi connectivity index (χ0v) is 15.4. The van der Waals surface area contributed by atoms with Crippen LogP contribution in [0.5, 0.6) is 0 Å². The zero-order valence-electron chi connectivity index (χ0n) is 15.4. The van der Waals surface area contributed by atoms with Gasteiger partial charge in [-0.2, -0.15) is 5.26 Å². The van der Waals surface area contributed by atoms with Crippen molar-refractivity contribution in [1.82, 2.24) is 10.6 Å². The molecule has 0 amide bonds. The van der Waals surface area contributed by atoms with Crippen molar-refractivity contribution in [2.24, 2.45) is 4.99 Å². The van der Waals surface area contributed by atoms with Crippen LogP contribution in [0.4, 0.5) is 5.69 Å². The fraction of sp³-hybridized carbons (Fsp3) is 0.333. The molecular weight excluding hydrogens is 322 g/mol. The molecule has 1 atom stereocenters. The number of aryl methyl sites for hydroxylation is 1. The van der Waals surface area contributed by atoms with E-state index in [9.17, 15) is 0 Å². The summed E-state index contributed by atoms with van der Waals surface area (Å²) >= 11 is 0. The van der Waals surface area contributed by atoms with Gasteiger partial charge in [0.15, 0.2) is 5.96 Å². The van der Waals surface area contributed by atoms with Gasteiger partial charge in [0.25, 0.3) is 0 Å². The van der Waals surface area contributed by atoms with Gasteiger partial charge in [0.2, 0.25) is 0 Å². The van der Waals surface area contributed by atoms with Crippen molar-refractivity contribution >= 4 is 11.6 Å². The molecule has 2 N–H and O–H groups in total. The summed E-state index contributed by atoms with van der Waals surface area (Å²) in [5.74, 6) is 0.810. The molecule has 0 aromatic heterocycles. The highest BCUT2D eigenvalue weighted by atomic mass is 15.2. The second-order valence-electron chi connectivity index (χ2n) is 6.65. The fourth-order valence-electron chi connectivity index (χ4n) is 3.14. The number of benzene rings is 2. The first-order valence-electron chi connectivity index (χ1n) is 8.96. The standard InChI is InChI=1S/C21H25N5/c1-16-3-9-20(10-4-16)26-12-11-19(15-26)25-21(23-2)24-14-18-7-5-17(13-22)6-8-18/h3-10,19H,11-12,14-15H2,1-2H3,(H2,23,24,25). The molecule has 1 heterocycles. The lowest BCUT2D eigenvalue weighted by Gasteiger charge is -2.20. The molecule has 0 radical (unpaired) electrons. The molecule has 2 aromatic carbocycles. The minimum absolute atomic E-state index is 0.378. The van der Waals surface area contributed by atoms with Gasteiger partial charge >= 0.3 is 0 Å². The Morgan fingerprint density at radius 1 is 1.19 bits per heavy atom. The average molecular weight is 347 g/mol. The first kappa shape index (κ1) is 17.8. The maximum Gasteiger partial charge on any atom is 0.191 e. The van der Waals surface area contributed by atoms with Gasteiger partial charge in [-0.05, 0) is 43.2 Å². The van der Waals surface area contributed by atoms with Gasteiger partial charge in [-0.3, -0.25) is 4.99 Å². The van der Waals surface area contributed by atoms with Crippen molar-refractivity contribution in [3.05, 3.63) is 65.2 Å². The summed E-state index contributed by atoms with van der Waals surface area (Å²) in [6.45, 7) is 4.81. The van der Waals surface area contributed by atoms with Gasteiger partial charge in [-0.1, -0.05) is 29.8 Å². The summed E-state index contributed by atoms with van der Waals surface area (Å²) in [4.78, 5) is 6.74. The summed E-state index contributed by atoms with van der Waals surface area (Å²) in [7, 11) is 1.79. The van der Waals surface area contributed by atoms with Crippen LogP contribution in [0.25, 0.3) is 0 Å². The van der Waals surface area contributed by atoms with Crippen LogP contribution in [0.3, 0.4) is 0 Å². The number of guanidine groups is 1. The van der Waals surface area contributed by atoms with Gasteiger partial charge < -0.3 is 15.5 Å². The highest BCUT2D eigenvalue weighted by molar-refractivity contribution is 5.80. The molecule has 5 heteroatoms. The van der Waals surface area contributed by atoms with Crippen molar-refractivity contribution in [1.29, 1.82) is 5.26 Å². The molecule has 2 aromatic rings. The molecule has 26 heavy (non-hydrogen) atoms. The van der Waals surface area contributed by atoms with E-state index in [1.54, 1.807) is 7.05 Å². The maximum absolute atomic E-state index is 8.86. The molecule has 1 aliphatic rings. The predicted molar refractivity (Wildman–Crippen MR) is 106 cm³/mol. The van der Waals surface area contributed by atoms with E-state index >= 15 is 0 Å². The van der Waals surface area contributed by atoms with E-state index in [2.05, 4.69) is 57.8 Å². The van der Waals surface area contributed by atoms with Crippen molar-refractivity contribution < 1.29 is 0 Å². The van der Waals surface area contributed by atoms with Gasteiger partial charge in [0, 0.05) is 38.4 Å². The zero-order chi connectivity index (χ0) is 18.4. The van der Waals surface area contributed by atoms with Crippen LogP contribution in [0.2, 0.25) is 0 Å². The number of aliphatic imine (C=N–C) groups is 1. The summed E-state index contributed by atoms with van der Waals surface area (Å²) < 4.78 is 0. The number of hydrogen-bond donors (Lipinski definition) is 2. The Morgan fingerprint density at radius 2 is 1.92 bits per heavy atom. The van der Waals surface area contributed by atoms with E-state index in [0.717, 1.165) is 31.0 Å². The highest BCUT2D eigenvalue weighted by Crippen LogP contribution is 2.20. The molecule has 3 rings (SSSR count). The minimum Gasteiger partial charge on any atom is -0.369 e. The molecule has 5 nitrogen and oxygen atoms in total. The van der Waals surface area contributed by atoms with Crippen LogP contribution in [-0.2, 0) is 6.54 Å². The lowest BCUT2D eigenvalue weighted by atomic mass is 10.1. The number of anilines is 1. The lowest BCUT2D eigenvalue weighted by Crippen LogP contribution is -2.44. The van der Waals surface area contributed by atoms with Crippen molar-refractivity contribution in [2.75, 3.05) is 25.0 Å². The van der Waals surface area contributed by atoms with Crippen LogP contribution in [0.1, 0.15) is 23.1 Å². The van der Waals surface area contributed by atoms with Gasteiger partial charge in [-0.25, -0.2) is 0 Å². The Kier molecular flexibility index (Phi) is 5.75. The molecule has 1 unspecified atom stereocenters. The van der Waals surface area contributed by atoms with Crippen LogP contribution in [0, 0.1) is 18.3 Å². The molecule has 1 saturated heterocycles. The maximum atomic E-state index is 8.86. The van der Waals surface area contributed by atoms with Crippen LogP contribution in [-0.4, -0.2) is 32.1 Å². The Balaban J connectivity index is 1.50. The van der Waals surface area contributed by atoms with E-state index in [-0.39, 0.29) is 0 Å². The Bertz CT molecular complexity index is 787. The molecule has 0 spiro atoms. The van der Waals surface area contributed by atoms with E-state index in [0.29, 0.717) is 18.2 Å². The Labute approximate surface area is 155 Å². The summed E-state index contributed by atoms with van der Waals surface area (Å²) in [6.07, 6.45) is 1.09. The summed E-state index contributed by atoms with van der Waals surface area (Å²) in [6, 6.07) is 18.8. The third kappa shape index (κ3) is 4.54. The molecule has 1 aliphatic heterocycles. The summed E-state index contributed by atoms with van der Waals surface area (Å²) in [5.41, 5.74) is 4.37. The molecular formula is C21H25N5. The van der Waals surface area contributed by atoms with E-state index in [1.165, 1.54) is 11.3 Å². The van der Waals surface area contributed by atoms with Gasteiger partial charge in [0.05, 0.1) is 11.6 Å². The third-order valence-electron chi connectivity index (χ3n) is 4.69. The van der Waals surface area contributed by atoms with Crippen molar-refractivity contribution in [3.8, 4) is 6.07 Å². The average Bonchev–Trinajstić information content (AvgIpc) is 3.14. The molecule has 0 saturated carbocycles. The minimum atomic E-state index is 0.378. The first-order chi connectivity index (χ1) is 12.7. The van der Waals surface area contributed by atoms with Crippen LogP contribution < -0.4 is 15.5 Å². The number of nitrogens with zero attached hydrogens (tertiary/aromatic N) is 3. The van der Waals surface area contributed by atoms with E-state index < -0.39 is 0 Å². The SMILES string of the molecule is CN=C(NCc1ccc(C#N)cc1)NC1CCN(c2ccc(C)cc2)C1. The molecule has 0 bridgehead atoms. The van der Waals surface area contributed by atoms with Crippen LogP contribution in [0.15, 0.2) is 53.5 Å². The molecule has 0 aliphatic carbocycles. The number of nitriles is 1. The lowest BCUT2D eigenvalue weighted by molar-refractivity contribution is 0.648.